The van der Waals surface area contributed by atoms with Crippen LogP contribution in [-0.4, -0.2) is 13.7 Å². The molecule has 0 heterocycles. The first-order valence-corrected chi connectivity index (χ1v) is 8.86. The Morgan fingerprint density at radius 3 is 2.71 bits per heavy atom. The van der Waals surface area contributed by atoms with E-state index in [-0.39, 0.29) is 12.4 Å². The second kappa shape index (κ2) is 9.25. The fourth-order valence-corrected chi connectivity index (χ4v) is 2.89. The first-order chi connectivity index (χ1) is 11.6. The molecule has 0 aliphatic heterocycles. The molecule has 0 saturated heterocycles. The van der Waals surface area contributed by atoms with E-state index in [0.29, 0.717) is 22.1 Å². The second-order valence-corrected chi connectivity index (χ2v) is 6.52. The van der Waals surface area contributed by atoms with Gasteiger partial charge in [0.25, 0.3) is 0 Å². The molecule has 0 saturated carbocycles. The van der Waals surface area contributed by atoms with E-state index in [2.05, 4.69) is 28.2 Å². The molecule has 1 N–H and O–H groups in total. The second-order valence-electron chi connectivity index (χ2n) is 5.26. The Bertz CT molecular complexity index is 677. The van der Waals surface area contributed by atoms with Crippen molar-refractivity contribution in [3.8, 4) is 11.5 Å². The first-order valence-electron chi connectivity index (χ1n) is 7.69. The molecule has 0 atom stereocenters. The minimum atomic E-state index is -0.388. The largest absolute Gasteiger partial charge is 0.493 e. The van der Waals surface area contributed by atoms with Crippen LogP contribution in [0.15, 0.2) is 34.8 Å². The third-order valence-electron chi connectivity index (χ3n) is 3.51. The molecule has 2 rings (SSSR count). The van der Waals surface area contributed by atoms with Crippen molar-refractivity contribution in [2.75, 3.05) is 13.7 Å². The molecule has 2 aromatic rings. The summed E-state index contributed by atoms with van der Waals surface area (Å²) in [5, 5.41) is 3.68. The summed E-state index contributed by atoms with van der Waals surface area (Å²) in [5.74, 6) is 0.739. The predicted molar refractivity (Wildman–Crippen MR) is 98.4 cm³/mol. The Labute approximate surface area is 155 Å². The highest BCUT2D eigenvalue weighted by atomic mass is 79.9. The number of halogens is 3. The van der Waals surface area contributed by atoms with Crippen LogP contribution in [-0.2, 0) is 13.2 Å². The molecule has 6 heteroatoms. The zero-order valence-electron chi connectivity index (χ0n) is 13.7. The highest BCUT2D eigenvalue weighted by Crippen LogP contribution is 2.34. The van der Waals surface area contributed by atoms with Crippen LogP contribution in [0.3, 0.4) is 0 Å². The van der Waals surface area contributed by atoms with E-state index in [4.69, 9.17) is 21.1 Å². The van der Waals surface area contributed by atoms with Gasteiger partial charge in [-0.05, 0) is 42.8 Å². The molecule has 24 heavy (non-hydrogen) atoms. The molecular weight excluding hydrogens is 397 g/mol. The lowest BCUT2D eigenvalue weighted by Gasteiger charge is -2.15. The van der Waals surface area contributed by atoms with Crippen molar-refractivity contribution in [3.05, 3.63) is 56.8 Å². The van der Waals surface area contributed by atoms with E-state index in [1.807, 2.05) is 12.1 Å². The summed E-state index contributed by atoms with van der Waals surface area (Å²) in [7, 11) is 1.58. The van der Waals surface area contributed by atoms with Crippen molar-refractivity contribution in [2.24, 2.45) is 0 Å². The van der Waals surface area contributed by atoms with Crippen LogP contribution < -0.4 is 14.8 Å². The SMILES string of the molecule is CCCNCc1cc(OC)c(OCc2c(F)cccc2Cl)cc1Br. The fraction of sp³-hybridized carbons (Fsp3) is 0.333. The monoisotopic (exact) mass is 415 g/mol. The zero-order valence-corrected chi connectivity index (χ0v) is 16.0. The summed E-state index contributed by atoms with van der Waals surface area (Å²) in [6, 6.07) is 8.30. The summed E-state index contributed by atoms with van der Waals surface area (Å²) >= 11 is 9.57. The first kappa shape index (κ1) is 19.0. The number of nitrogens with one attached hydrogen (secondary N) is 1. The van der Waals surface area contributed by atoms with Gasteiger partial charge in [0.1, 0.15) is 12.4 Å². The van der Waals surface area contributed by atoms with E-state index in [0.717, 1.165) is 29.5 Å². The highest BCUT2D eigenvalue weighted by molar-refractivity contribution is 9.10. The quantitative estimate of drug-likeness (QED) is 0.590. The molecule has 0 unspecified atom stereocenters. The third kappa shape index (κ3) is 4.85. The number of rotatable bonds is 8. The van der Waals surface area contributed by atoms with Crippen molar-refractivity contribution in [1.29, 1.82) is 0 Å². The summed E-state index contributed by atoms with van der Waals surface area (Å²) in [5.41, 5.74) is 1.39. The van der Waals surface area contributed by atoms with E-state index in [1.54, 1.807) is 19.2 Å². The van der Waals surface area contributed by atoms with E-state index < -0.39 is 0 Å². The normalized spacial score (nSPS) is 10.7. The minimum Gasteiger partial charge on any atom is -0.493 e. The van der Waals surface area contributed by atoms with Crippen LogP contribution in [0.1, 0.15) is 24.5 Å². The van der Waals surface area contributed by atoms with Gasteiger partial charge in [-0.2, -0.15) is 0 Å². The fourth-order valence-electron chi connectivity index (χ4n) is 2.21. The van der Waals surface area contributed by atoms with Crippen molar-refractivity contribution >= 4 is 27.5 Å². The summed E-state index contributed by atoms with van der Waals surface area (Å²) in [4.78, 5) is 0. The Kier molecular flexibility index (Phi) is 7.34. The van der Waals surface area contributed by atoms with Gasteiger partial charge in [0.2, 0.25) is 0 Å². The van der Waals surface area contributed by atoms with Crippen LogP contribution in [0.25, 0.3) is 0 Å². The van der Waals surface area contributed by atoms with Crippen LogP contribution in [0.5, 0.6) is 11.5 Å². The maximum absolute atomic E-state index is 13.8. The van der Waals surface area contributed by atoms with Gasteiger partial charge in [0.05, 0.1) is 12.1 Å². The highest BCUT2D eigenvalue weighted by Gasteiger charge is 2.13. The Morgan fingerprint density at radius 2 is 2.04 bits per heavy atom. The molecular formula is C18H20BrClFNO2. The smallest absolute Gasteiger partial charge is 0.162 e. The predicted octanol–water partition coefficient (Wildman–Crippen LogP) is 5.33. The minimum absolute atomic E-state index is 0.0295. The van der Waals surface area contributed by atoms with E-state index in [9.17, 15) is 4.39 Å². The number of hydrogen-bond acceptors (Lipinski definition) is 3. The van der Waals surface area contributed by atoms with Gasteiger partial charge < -0.3 is 14.8 Å². The number of ether oxygens (including phenoxy) is 2. The average Bonchev–Trinajstić information content (AvgIpc) is 2.56. The van der Waals surface area contributed by atoms with Crippen molar-refractivity contribution in [2.45, 2.75) is 26.5 Å². The molecule has 0 aliphatic carbocycles. The van der Waals surface area contributed by atoms with Crippen LogP contribution in [0.2, 0.25) is 5.02 Å². The summed E-state index contributed by atoms with van der Waals surface area (Å²) < 4.78 is 25.9. The van der Waals surface area contributed by atoms with Gasteiger partial charge in [-0.1, -0.05) is 40.5 Å². The maximum atomic E-state index is 13.8. The van der Waals surface area contributed by atoms with Gasteiger partial charge in [-0.3, -0.25) is 0 Å². The van der Waals surface area contributed by atoms with Gasteiger partial charge in [-0.25, -0.2) is 4.39 Å². The topological polar surface area (TPSA) is 30.5 Å². The molecule has 0 aliphatic rings. The zero-order chi connectivity index (χ0) is 17.5. The van der Waals surface area contributed by atoms with Gasteiger partial charge in [0.15, 0.2) is 11.5 Å². The summed E-state index contributed by atoms with van der Waals surface area (Å²) in [6.45, 7) is 3.82. The number of hydrogen-bond donors (Lipinski definition) is 1. The van der Waals surface area contributed by atoms with Gasteiger partial charge >= 0.3 is 0 Å². The number of methoxy groups -OCH3 is 1. The lowest BCUT2D eigenvalue weighted by atomic mass is 10.2. The molecule has 0 spiro atoms. The standard InChI is InChI=1S/C18H20BrClFNO2/c1-3-7-22-10-12-8-17(23-2)18(9-14(12)19)24-11-13-15(20)5-4-6-16(13)21/h4-6,8-9,22H,3,7,10-11H2,1-2H3. The molecule has 0 radical (unpaired) electrons. The maximum Gasteiger partial charge on any atom is 0.162 e. The van der Waals surface area contributed by atoms with E-state index >= 15 is 0 Å². The average molecular weight is 417 g/mol. The molecule has 0 aromatic heterocycles. The molecule has 0 fully saturated rings. The van der Waals surface area contributed by atoms with Crippen molar-refractivity contribution < 1.29 is 13.9 Å². The van der Waals surface area contributed by atoms with E-state index in [1.165, 1.54) is 6.07 Å². The molecule has 0 bridgehead atoms. The lowest BCUT2D eigenvalue weighted by molar-refractivity contribution is 0.279. The molecule has 0 amide bonds. The number of benzene rings is 2. The lowest BCUT2D eigenvalue weighted by Crippen LogP contribution is -2.14. The van der Waals surface area contributed by atoms with Crippen LogP contribution in [0, 0.1) is 5.82 Å². The van der Waals surface area contributed by atoms with Crippen LogP contribution in [0.4, 0.5) is 4.39 Å². The van der Waals surface area contributed by atoms with Crippen molar-refractivity contribution in [1.82, 2.24) is 5.32 Å². The summed E-state index contributed by atoms with van der Waals surface area (Å²) in [6.07, 6.45) is 1.07. The Hall–Kier alpha value is -1.30. The third-order valence-corrected chi connectivity index (χ3v) is 4.60. The molecule has 130 valence electrons. The molecule has 3 nitrogen and oxygen atoms in total. The Morgan fingerprint density at radius 1 is 1.25 bits per heavy atom. The Balaban J connectivity index is 2.16. The van der Waals surface area contributed by atoms with Crippen molar-refractivity contribution in [3.63, 3.8) is 0 Å². The van der Waals surface area contributed by atoms with Gasteiger partial charge in [-0.15, -0.1) is 0 Å². The van der Waals surface area contributed by atoms with Crippen LogP contribution >= 0.6 is 27.5 Å². The molecule has 2 aromatic carbocycles. The van der Waals surface area contributed by atoms with Gasteiger partial charge in [0, 0.05) is 16.6 Å².